The van der Waals surface area contributed by atoms with Crippen molar-refractivity contribution in [1.82, 2.24) is 20.1 Å². The van der Waals surface area contributed by atoms with Gasteiger partial charge in [-0.2, -0.15) is 5.10 Å². The normalized spacial score (nSPS) is 15.6. The van der Waals surface area contributed by atoms with Crippen molar-refractivity contribution in [1.29, 1.82) is 0 Å². The van der Waals surface area contributed by atoms with Gasteiger partial charge in [-0.1, -0.05) is 18.6 Å². The van der Waals surface area contributed by atoms with E-state index < -0.39 is 0 Å². The van der Waals surface area contributed by atoms with Crippen molar-refractivity contribution >= 4 is 11.7 Å². The van der Waals surface area contributed by atoms with Crippen LogP contribution in [0.2, 0.25) is 0 Å². The first-order valence-corrected chi connectivity index (χ1v) is 8.56. The van der Waals surface area contributed by atoms with Crippen molar-refractivity contribution < 1.29 is 4.79 Å². The molecule has 1 fully saturated rings. The second kappa shape index (κ2) is 7.03. The van der Waals surface area contributed by atoms with Crippen LogP contribution in [0.4, 0.5) is 10.5 Å². The number of urea groups is 1. The highest BCUT2D eigenvalue weighted by Gasteiger charge is 2.24. The Hall–Kier alpha value is -2.37. The third-order valence-corrected chi connectivity index (χ3v) is 4.70. The summed E-state index contributed by atoms with van der Waals surface area (Å²) in [7, 11) is 0. The van der Waals surface area contributed by atoms with Gasteiger partial charge in [-0.15, -0.1) is 0 Å². The Bertz CT molecular complexity index is 720. The number of carbonyl (C=O) groups excluding carboxylic acids is 1. The molecule has 0 radical (unpaired) electrons. The van der Waals surface area contributed by atoms with E-state index in [4.69, 9.17) is 0 Å². The number of amides is 2. The Kier molecular flexibility index (Phi) is 4.83. The van der Waals surface area contributed by atoms with Gasteiger partial charge in [0.1, 0.15) is 11.6 Å². The molecule has 1 saturated carbocycles. The topological polar surface area (TPSA) is 71.8 Å². The average Bonchev–Trinajstić information content (AvgIpc) is 2.74. The molecule has 0 bridgehead atoms. The smallest absolute Gasteiger partial charge is 0.319 e. The Morgan fingerprint density at radius 1 is 1.38 bits per heavy atom. The van der Waals surface area contributed by atoms with Gasteiger partial charge in [0.05, 0.1) is 6.54 Å². The molecule has 1 heterocycles. The molecule has 0 spiro atoms. The van der Waals surface area contributed by atoms with Gasteiger partial charge in [0.2, 0.25) is 0 Å². The Morgan fingerprint density at radius 3 is 2.79 bits per heavy atom. The molecule has 128 valence electrons. The van der Waals surface area contributed by atoms with Crippen molar-refractivity contribution in [3.05, 3.63) is 41.5 Å². The molecular weight excluding hydrogens is 302 g/mol. The standard InChI is InChI=1S/C18H25N5O/c1-12(16-7-5-8-16)19-18(24)21-17-9-4-6-15(10-17)11-23-14(3)20-13(2)22-23/h4,6,9-10,12,16H,5,7-8,11H2,1-3H3,(H2,19,21,24)/t12-/m0/s1. The van der Waals surface area contributed by atoms with E-state index in [0.29, 0.717) is 12.5 Å². The molecule has 0 saturated heterocycles. The molecule has 2 N–H and O–H groups in total. The fraction of sp³-hybridized carbons (Fsp3) is 0.500. The van der Waals surface area contributed by atoms with Crippen LogP contribution in [0, 0.1) is 19.8 Å². The molecule has 6 heteroatoms. The molecule has 3 rings (SSSR count). The first-order valence-electron chi connectivity index (χ1n) is 8.56. The quantitative estimate of drug-likeness (QED) is 0.885. The molecule has 0 unspecified atom stereocenters. The number of aryl methyl sites for hydroxylation is 2. The van der Waals surface area contributed by atoms with Crippen LogP contribution in [-0.4, -0.2) is 26.8 Å². The zero-order valence-corrected chi connectivity index (χ0v) is 14.5. The summed E-state index contributed by atoms with van der Waals surface area (Å²) in [6.07, 6.45) is 3.71. The molecule has 2 aromatic rings. The number of nitrogens with one attached hydrogen (secondary N) is 2. The number of rotatable bonds is 5. The maximum absolute atomic E-state index is 12.1. The average molecular weight is 327 g/mol. The summed E-state index contributed by atoms with van der Waals surface area (Å²) >= 11 is 0. The molecule has 0 aliphatic heterocycles. The van der Waals surface area contributed by atoms with Crippen molar-refractivity contribution in [2.75, 3.05) is 5.32 Å². The number of anilines is 1. The van der Waals surface area contributed by atoms with Crippen LogP contribution in [0.1, 0.15) is 43.4 Å². The van der Waals surface area contributed by atoms with E-state index >= 15 is 0 Å². The lowest BCUT2D eigenvalue weighted by Gasteiger charge is -2.31. The predicted octanol–water partition coefficient (Wildman–Crippen LogP) is 3.25. The highest BCUT2D eigenvalue weighted by Crippen LogP contribution is 2.29. The Balaban J connectivity index is 1.60. The second-order valence-corrected chi connectivity index (χ2v) is 6.64. The van der Waals surface area contributed by atoms with Gasteiger partial charge in [0.15, 0.2) is 0 Å². The number of benzene rings is 1. The number of nitrogens with zero attached hydrogens (tertiary/aromatic N) is 3. The van der Waals surface area contributed by atoms with E-state index in [1.165, 1.54) is 19.3 Å². The lowest BCUT2D eigenvalue weighted by Crippen LogP contribution is -2.42. The summed E-state index contributed by atoms with van der Waals surface area (Å²) in [4.78, 5) is 16.5. The van der Waals surface area contributed by atoms with E-state index in [1.807, 2.05) is 42.8 Å². The summed E-state index contributed by atoms with van der Waals surface area (Å²) in [5.74, 6) is 2.28. The van der Waals surface area contributed by atoms with Crippen LogP contribution >= 0.6 is 0 Å². The van der Waals surface area contributed by atoms with Gasteiger partial charge >= 0.3 is 6.03 Å². The highest BCUT2D eigenvalue weighted by atomic mass is 16.2. The number of hydrogen-bond donors (Lipinski definition) is 2. The minimum absolute atomic E-state index is 0.140. The Morgan fingerprint density at radius 2 is 2.17 bits per heavy atom. The Labute approximate surface area is 142 Å². The van der Waals surface area contributed by atoms with Gasteiger partial charge in [0.25, 0.3) is 0 Å². The summed E-state index contributed by atoms with van der Waals surface area (Å²) in [5, 5.41) is 10.3. The van der Waals surface area contributed by atoms with Crippen LogP contribution in [0.5, 0.6) is 0 Å². The summed E-state index contributed by atoms with van der Waals surface area (Å²) < 4.78 is 1.87. The number of carbonyl (C=O) groups is 1. The fourth-order valence-corrected chi connectivity index (χ4v) is 3.06. The van der Waals surface area contributed by atoms with Gasteiger partial charge < -0.3 is 10.6 Å². The molecule has 1 aromatic carbocycles. The lowest BCUT2D eigenvalue weighted by atomic mass is 9.80. The van der Waals surface area contributed by atoms with E-state index in [1.54, 1.807) is 0 Å². The molecule has 1 aliphatic carbocycles. The van der Waals surface area contributed by atoms with Crippen LogP contribution in [0.15, 0.2) is 24.3 Å². The monoisotopic (exact) mass is 327 g/mol. The van der Waals surface area contributed by atoms with Crippen LogP contribution < -0.4 is 10.6 Å². The van der Waals surface area contributed by atoms with Gasteiger partial charge in [-0.05, 0) is 57.2 Å². The van der Waals surface area contributed by atoms with E-state index in [-0.39, 0.29) is 12.1 Å². The minimum atomic E-state index is -0.140. The zero-order valence-electron chi connectivity index (χ0n) is 14.5. The van der Waals surface area contributed by atoms with Crippen molar-refractivity contribution in [3.63, 3.8) is 0 Å². The molecule has 6 nitrogen and oxygen atoms in total. The van der Waals surface area contributed by atoms with E-state index in [0.717, 1.165) is 22.9 Å². The molecule has 24 heavy (non-hydrogen) atoms. The lowest BCUT2D eigenvalue weighted by molar-refractivity contribution is 0.222. The van der Waals surface area contributed by atoms with E-state index in [9.17, 15) is 4.79 Å². The van der Waals surface area contributed by atoms with Crippen molar-refractivity contribution in [2.24, 2.45) is 5.92 Å². The minimum Gasteiger partial charge on any atom is -0.335 e. The van der Waals surface area contributed by atoms with Gasteiger partial charge in [0, 0.05) is 11.7 Å². The largest absolute Gasteiger partial charge is 0.335 e. The van der Waals surface area contributed by atoms with Crippen LogP contribution in [0.25, 0.3) is 0 Å². The third kappa shape index (κ3) is 3.93. The van der Waals surface area contributed by atoms with E-state index in [2.05, 4.69) is 27.6 Å². The highest BCUT2D eigenvalue weighted by molar-refractivity contribution is 5.89. The molecule has 2 amide bonds. The summed E-state index contributed by atoms with van der Waals surface area (Å²) in [6.45, 7) is 6.55. The maximum atomic E-state index is 12.1. The third-order valence-electron chi connectivity index (χ3n) is 4.70. The molecule has 1 atom stereocenters. The first-order chi connectivity index (χ1) is 11.5. The summed E-state index contributed by atoms with van der Waals surface area (Å²) in [5.41, 5.74) is 1.87. The maximum Gasteiger partial charge on any atom is 0.319 e. The number of aromatic nitrogens is 3. The van der Waals surface area contributed by atoms with Crippen LogP contribution in [-0.2, 0) is 6.54 Å². The van der Waals surface area contributed by atoms with Crippen molar-refractivity contribution in [3.8, 4) is 0 Å². The number of hydrogen-bond acceptors (Lipinski definition) is 3. The van der Waals surface area contributed by atoms with Crippen molar-refractivity contribution in [2.45, 2.75) is 52.6 Å². The predicted molar refractivity (Wildman–Crippen MR) is 94.0 cm³/mol. The van der Waals surface area contributed by atoms with Gasteiger partial charge in [-0.3, -0.25) is 0 Å². The summed E-state index contributed by atoms with van der Waals surface area (Å²) in [6, 6.07) is 7.93. The zero-order chi connectivity index (χ0) is 17.1. The van der Waals surface area contributed by atoms with Gasteiger partial charge in [-0.25, -0.2) is 14.5 Å². The van der Waals surface area contributed by atoms with Crippen LogP contribution in [0.3, 0.4) is 0 Å². The fourth-order valence-electron chi connectivity index (χ4n) is 3.06. The molecular formula is C18H25N5O. The SMILES string of the molecule is Cc1nc(C)n(Cc2cccc(NC(=O)N[C@@H](C)C3CCC3)c2)n1. The first kappa shape index (κ1) is 16.5. The molecule has 1 aliphatic rings. The second-order valence-electron chi connectivity index (χ2n) is 6.64. The molecule has 1 aromatic heterocycles.